The largest absolute Gasteiger partial charge is 0.378 e. The minimum Gasteiger partial charge on any atom is -0.378 e. The summed E-state index contributed by atoms with van der Waals surface area (Å²) in [6, 6.07) is 15.3. The molecule has 0 spiro atoms. The second-order valence-corrected chi connectivity index (χ2v) is 5.94. The van der Waals surface area contributed by atoms with Crippen molar-refractivity contribution < 1.29 is 4.79 Å². The van der Waals surface area contributed by atoms with Gasteiger partial charge in [0.15, 0.2) is 0 Å². The van der Waals surface area contributed by atoms with Crippen LogP contribution in [0.2, 0.25) is 0 Å². The zero-order chi connectivity index (χ0) is 15.2. The quantitative estimate of drug-likeness (QED) is 0.493. The Morgan fingerprint density at radius 1 is 1.19 bits per heavy atom. The lowest BCUT2D eigenvalue weighted by atomic mass is 10.2. The van der Waals surface area contributed by atoms with Gasteiger partial charge in [-0.05, 0) is 58.5 Å². The molecule has 0 radical (unpaired) electrons. The van der Waals surface area contributed by atoms with Gasteiger partial charge in [0.05, 0.1) is 6.21 Å². The first-order valence-electron chi connectivity index (χ1n) is 6.42. The van der Waals surface area contributed by atoms with Crippen LogP contribution in [0, 0.1) is 3.57 Å². The molecule has 1 amide bonds. The van der Waals surface area contributed by atoms with Gasteiger partial charge < -0.3 is 4.90 Å². The number of halogens is 1. The zero-order valence-corrected chi connectivity index (χ0v) is 14.0. The number of carbonyl (C=O) groups excluding carboxylic acids is 1. The summed E-state index contributed by atoms with van der Waals surface area (Å²) in [6.45, 7) is 0. The monoisotopic (exact) mass is 393 g/mol. The maximum atomic E-state index is 11.9. The molecule has 21 heavy (non-hydrogen) atoms. The molecular weight excluding hydrogens is 377 g/mol. The van der Waals surface area contributed by atoms with E-state index in [1.165, 1.54) is 0 Å². The van der Waals surface area contributed by atoms with Gasteiger partial charge >= 0.3 is 0 Å². The SMILES string of the molecule is CN(C)c1ccc(C=NNC(=O)c2cccc(I)c2)cc1. The van der Waals surface area contributed by atoms with Crippen molar-refractivity contribution >= 4 is 40.4 Å². The van der Waals surface area contributed by atoms with Gasteiger partial charge in [-0.3, -0.25) is 4.79 Å². The third-order valence-electron chi connectivity index (χ3n) is 2.88. The summed E-state index contributed by atoms with van der Waals surface area (Å²) in [5.41, 5.74) is 5.18. The number of hydrogen-bond acceptors (Lipinski definition) is 3. The van der Waals surface area contributed by atoms with Gasteiger partial charge in [-0.25, -0.2) is 5.43 Å². The van der Waals surface area contributed by atoms with Crippen LogP contribution in [0.4, 0.5) is 5.69 Å². The number of benzene rings is 2. The fourth-order valence-electron chi connectivity index (χ4n) is 1.72. The molecule has 5 heteroatoms. The molecule has 0 aromatic heterocycles. The molecule has 0 unspecified atom stereocenters. The van der Waals surface area contributed by atoms with Crippen molar-refractivity contribution in [3.8, 4) is 0 Å². The molecule has 0 atom stereocenters. The summed E-state index contributed by atoms with van der Waals surface area (Å²) < 4.78 is 1.02. The highest BCUT2D eigenvalue weighted by Crippen LogP contribution is 2.11. The Hall–Kier alpha value is -1.89. The van der Waals surface area contributed by atoms with E-state index in [4.69, 9.17) is 0 Å². The molecule has 0 saturated heterocycles. The third-order valence-corrected chi connectivity index (χ3v) is 3.55. The molecule has 1 N–H and O–H groups in total. The average molecular weight is 393 g/mol. The van der Waals surface area contributed by atoms with Gasteiger partial charge in [0.2, 0.25) is 0 Å². The summed E-state index contributed by atoms with van der Waals surface area (Å²) in [5, 5.41) is 3.98. The number of hydrogen-bond donors (Lipinski definition) is 1. The average Bonchev–Trinajstić information content (AvgIpc) is 2.47. The Morgan fingerprint density at radius 2 is 1.90 bits per heavy atom. The second-order valence-electron chi connectivity index (χ2n) is 4.70. The fraction of sp³-hybridized carbons (Fsp3) is 0.125. The standard InChI is InChI=1S/C16H16IN3O/c1-20(2)15-8-6-12(7-9-15)11-18-19-16(21)13-4-3-5-14(17)10-13/h3-11H,1-2H3,(H,19,21). The van der Waals surface area contributed by atoms with Crippen molar-refractivity contribution in [2.75, 3.05) is 19.0 Å². The van der Waals surface area contributed by atoms with E-state index in [9.17, 15) is 4.79 Å². The summed E-state index contributed by atoms with van der Waals surface area (Å²) >= 11 is 2.17. The highest BCUT2D eigenvalue weighted by Gasteiger charge is 2.03. The van der Waals surface area contributed by atoms with E-state index in [-0.39, 0.29) is 5.91 Å². The maximum absolute atomic E-state index is 11.9. The van der Waals surface area contributed by atoms with Crippen LogP contribution < -0.4 is 10.3 Å². The van der Waals surface area contributed by atoms with E-state index in [1.807, 2.05) is 61.5 Å². The lowest BCUT2D eigenvalue weighted by Crippen LogP contribution is -2.17. The van der Waals surface area contributed by atoms with E-state index in [1.54, 1.807) is 12.3 Å². The van der Waals surface area contributed by atoms with Gasteiger partial charge in [-0.15, -0.1) is 0 Å². The van der Waals surface area contributed by atoms with Crippen LogP contribution in [0.5, 0.6) is 0 Å². The molecule has 0 aliphatic rings. The van der Waals surface area contributed by atoms with Crippen molar-refractivity contribution in [1.29, 1.82) is 0 Å². The van der Waals surface area contributed by atoms with Gasteiger partial charge in [0, 0.05) is 28.9 Å². The van der Waals surface area contributed by atoms with Crippen molar-refractivity contribution in [3.05, 3.63) is 63.2 Å². The smallest absolute Gasteiger partial charge is 0.271 e. The van der Waals surface area contributed by atoms with Crippen LogP contribution in [0.1, 0.15) is 15.9 Å². The summed E-state index contributed by atoms with van der Waals surface area (Å²) in [4.78, 5) is 13.9. The van der Waals surface area contributed by atoms with Crippen LogP contribution in [-0.2, 0) is 0 Å². The highest BCUT2D eigenvalue weighted by atomic mass is 127. The highest BCUT2D eigenvalue weighted by molar-refractivity contribution is 14.1. The minimum absolute atomic E-state index is 0.213. The van der Waals surface area contributed by atoms with Gasteiger partial charge in [-0.2, -0.15) is 5.10 Å². The molecule has 2 aromatic carbocycles. The van der Waals surface area contributed by atoms with Crippen molar-refractivity contribution in [2.45, 2.75) is 0 Å². The van der Waals surface area contributed by atoms with E-state index >= 15 is 0 Å². The summed E-state index contributed by atoms with van der Waals surface area (Å²) in [7, 11) is 3.98. The molecule has 0 heterocycles. The number of anilines is 1. The Bertz CT molecular complexity index is 651. The topological polar surface area (TPSA) is 44.7 Å². The number of nitrogens with zero attached hydrogens (tertiary/aromatic N) is 2. The normalized spacial score (nSPS) is 10.6. The van der Waals surface area contributed by atoms with Gasteiger partial charge in [0.25, 0.3) is 5.91 Å². The summed E-state index contributed by atoms with van der Waals surface area (Å²) in [6.07, 6.45) is 1.63. The molecule has 2 aromatic rings. The zero-order valence-electron chi connectivity index (χ0n) is 11.9. The van der Waals surface area contributed by atoms with Crippen LogP contribution in [-0.4, -0.2) is 26.2 Å². The molecule has 108 valence electrons. The molecule has 0 saturated carbocycles. The first-order chi connectivity index (χ1) is 10.1. The predicted octanol–water partition coefficient (Wildman–Crippen LogP) is 3.12. The van der Waals surface area contributed by atoms with Crippen LogP contribution in [0.25, 0.3) is 0 Å². The Kier molecular flexibility index (Phi) is 5.32. The van der Waals surface area contributed by atoms with Crippen LogP contribution >= 0.6 is 22.6 Å². The Labute approximate surface area is 138 Å². The molecule has 0 bridgehead atoms. The number of carbonyl (C=O) groups is 1. The number of amides is 1. The van der Waals surface area contributed by atoms with Crippen molar-refractivity contribution in [1.82, 2.24) is 5.43 Å². The molecule has 0 aliphatic heterocycles. The van der Waals surface area contributed by atoms with Gasteiger partial charge in [0.1, 0.15) is 0 Å². The van der Waals surface area contributed by atoms with Crippen LogP contribution in [0.3, 0.4) is 0 Å². The van der Waals surface area contributed by atoms with Crippen molar-refractivity contribution in [3.63, 3.8) is 0 Å². The molecule has 2 rings (SSSR count). The second kappa shape index (κ2) is 7.21. The molecular formula is C16H16IN3O. The molecule has 4 nitrogen and oxygen atoms in total. The third kappa shape index (κ3) is 4.56. The Morgan fingerprint density at radius 3 is 2.52 bits per heavy atom. The van der Waals surface area contributed by atoms with Crippen LogP contribution in [0.15, 0.2) is 53.6 Å². The lowest BCUT2D eigenvalue weighted by molar-refractivity contribution is 0.0955. The number of rotatable bonds is 4. The van der Waals surface area contributed by atoms with E-state index in [0.717, 1.165) is 14.8 Å². The molecule has 0 aliphatic carbocycles. The van der Waals surface area contributed by atoms with E-state index in [2.05, 4.69) is 33.1 Å². The fourth-order valence-corrected chi connectivity index (χ4v) is 2.26. The predicted molar refractivity (Wildman–Crippen MR) is 95.0 cm³/mol. The maximum Gasteiger partial charge on any atom is 0.271 e. The molecule has 0 fully saturated rings. The Balaban J connectivity index is 1.97. The number of hydrazone groups is 1. The first-order valence-corrected chi connectivity index (χ1v) is 7.50. The first kappa shape index (κ1) is 15.5. The summed E-state index contributed by atoms with van der Waals surface area (Å²) in [5.74, 6) is -0.213. The number of nitrogens with one attached hydrogen (secondary N) is 1. The van der Waals surface area contributed by atoms with Gasteiger partial charge in [-0.1, -0.05) is 18.2 Å². The van der Waals surface area contributed by atoms with Crippen molar-refractivity contribution in [2.24, 2.45) is 5.10 Å². The lowest BCUT2D eigenvalue weighted by Gasteiger charge is -2.11. The van der Waals surface area contributed by atoms with E-state index in [0.29, 0.717) is 5.56 Å². The van der Waals surface area contributed by atoms with E-state index < -0.39 is 0 Å². The minimum atomic E-state index is -0.213.